The molecule has 1 aliphatic heterocycles. The largest absolute Gasteiger partial charge is 0.497 e. The van der Waals surface area contributed by atoms with E-state index in [0.717, 1.165) is 49.5 Å². The number of fused-ring (bicyclic) bond motifs is 2. The first-order chi connectivity index (χ1) is 19.2. The van der Waals surface area contributed by atoms with Crippen LogP contribution in [0.4, 0.5) is 4.39 Å². The Morgan fingerprint density at radius 3 is 2.69 bits per heavy atom. The van der Waals surface area contributed by atoms with Crippen LogP contribution in [0.5, 0.6) is 17.2 Å². The molecule has 0 atom stereocenters. The van der Waals surface area contributed by atoms with E-state index in [1.54, 1.807) is 48.2 Å². The van der Waals surface area contributed by atoms with Gasteiger partial charge in [0, 0.05) is 42.8 Å². The summed E-state index contributed by atoms with van der Waals surface area (Å²) in [5.74, 6) is 1.66. The number of ether oxygens (including phenoxy) is 4. The van der Waals surface area contributed by atoms with Crippen LogP contribution in [0.2, 0.25) is 0 Å². The first kappa shape index (κ1) is 25.0. The number of aromatic nitrogens is 5. The van der Waals surface area contributed by atoms with E-state index in [9.17, 15) is 4.39 Å². The lowest BCUT2D eigenvalue weighted by Gasteiger charge is -2.26. The van der Waals surface area contributed by atoms with Gasteiger partial charge in [-0.2, -0.15) is 9.61 Å². The van der Waals surface area contributed by atoms with Crippen molar-refractivity contribution >= 4 is 16.6 Å². The molecule has 39 heavy (non-hydrogen) atoms. The average molecular weight is 531 g/mol. The molecule has 0 aliphatic carbocycles. The van der Waals surface area contributed by atoms with Gasteiger partial charge in [-0.3, -0.25) is 9.88 Å². The van der Waals surface area contributed by atoms with Gasteiger partial charge in [-0.05, 0) is 48.5 Å². The van der Waals surface area contributed by atoms with E-state index in [4.69, 9.17) is 18.9 Å². The molecule has 4 heterocycles. The standard InChI is InChI=1S/C28H27FN6O4/c1-36-20-3-4-21-24(17-20)30-9-8-25(21)39-18-28-32-31-27-7-5-23(33-35(27)28)19-2-6-26(22(29)16-19)38-15-12-34-10-13-37-14-11-34/h2-9,16-17H,10-15,18H2,1H3. The Hall–Kier alpha value is -4.35. The van der Waals surface area contributed by atoms with Crippen molar-refractivity contribution in [2.24, 2.45) is 0 Å². The Morgan fingerprint density at radius 2 is 1.85 bits per heavy atom. The summed E-state index contributed by atoms with van der Waals surface area (Å²) in [6, 6.07) is 15.8. The summed E-state index contributed by atoms with van der Waals surface area (Å²) >= 11 is 0. The zero-order valence-electron chi connectivity index (χ0n) is 21.4. The highest BCUT2D eigenvalue weighted by molar-refractivity contribution is 5.85. The topological polar surface area (TPSA) is 96.1 Å². The van der Waals surface area contributed by atoms with Gasteiger partial charge in [0.25, 0.3) is 0 Å². The van der Waals surface area contributed by atoms with E-state index >= 15 is 0 Å². The lowest BCUT2D eigenvalue weighted by Crippen LogP contribution is -2.38. The van der Waals surface area contributed by atoms with Gasteiger partial charge in [0.15, 0.2) is 23.0 Å². The van der Waals surface area contributed by atoms with Gasteiger partial charge in [0.05, 0.1) is 31.5 Å². The second-order valence-electron chi connectivity index (χ2n) is 9.03. The van der Waals surface area contributed by atoms with Gasteiger partial charge in [-0.15, -0.1) is 10.2 Å². The molecule has 0 amide bonds. The van der Waals surface area contributed by atoms with Gasteiger partial charge in [-0.1, -0.05) is 0 Å². The van der Waals surface area contributed by atoms with Crippen LogP contribution in [0, 0.1) is 5.82 Å². The number of pyridine rings is 1. The molecule has 1 aliphatic rings. The van der Waals surface area contributed by atoms with Gasteiger partial charge in [0.1, 0.15) is 24.7 Å². The highest BCUT2D eigenvalue weighted by atomic mass is 19.1. The summed E-state index contributed by atoms with van der Waals surface area (Å²) in [5, 5.41) is 13.9. The molecule has 0 bridgehead atoms. The van der Waals surface area contributed by atoms with E-state index in [0.29, 0.717) is 35.1 Å². The normalized spacial score (nSPS) is 14.1. The first-order valence-corrected chi connectivity index (χ1v) is 12.7. The van der Waals surface area contributed by atoms with Crippen molar-refractivity contribution in [3.8, 4) is 28.5 Å². The number of methoxy groups -OCH3 is 1. The molecule has 0 radical (unpaired) electrons. The number of hydrogen-bond acceptors (Lipinski definition) is 9. The minimum atomic E-state index is -0.440. The zero-order valence-corrected chi connectivity index (χ0v) is 21.4. The predicted octanol–water partition coefficient (Wildman–Crippen LogP) is 3.78. The molecule has 10 nitrogen and oxygen atoms in total. The third-order valence-electron chi connectivity index (χ3n) is 6.59. The molecular weight excluding hydrogens is 503 g/mol. The molecule has 2 aromatic carbocycles. The number of halogens is 1. The molecule has 0 spiro atoms. The van der Waals surface area contributed by atoms with Crippen LogP contribution in [0.15, 0.2) is 60.8 Å². The summed E-state index contributed by atoms with van der Waals surface area (Å²) < 4.78 is 38.9. The second-order valence-corrected chi connectivity index (χ2v) is 9.03. The van der Waals surface area contributed by atoms with Crippen molar-refractivity contribution in [2.75, 3.05) is 46.6 Å². The Labute approximate surface area is 223 Å². The Morgan fingerprint density at radius 1 is 0.949 bits per heavy atom. The van der Waals surface area contributed by atoms with Crippen LogP contribution in [0.1, 0.15) is 5.82 Å². The minimum absolute atomic E-state index is 0.132. The van der Waals surface area contributed by atoms with Gasteiger partial charge >= 0.3 is 0 Å². The number of nitrogens with zero attached hydrogens (tertiary/aromatic N) is 6. The average Bonchev–Trinajstić information content (AvgIpc) is 3.39. The SMILES string of the molecule is COc1ccc2c(OCc3nnc4ccc(-c5ccc(OCCN6CCOCC6)c(F)c5)nn34)ccnc2c1. The fourth-order valence-electron chi connectivity index (χ4n) is 4.46. The number of hydrogen-bond donors (Lipinski definition) is 0. The third-order valence-corrected chi connectivity index (χ3v) is 6.59. The molecule has 6 rings (SSSR count). The number of benzene rings is 2. The Bertz CT molecular complexity index is 1600. The van der Waals surface area contributed by atoms with Crippen molar-refractivity contribution in [3.05, 3.63) is 72.4 Å². The Kier molecular flexibility index (Phi) is 7.15. The van der Waals surface area contributed by atoms with E-state index in [2.05, 4.69) is 25.2 Å². The lowest BCUT2D eigenvalue weighted by atomic mass is 10.1. The Balaban J connectivity index is 1.16. The monoisotopic (exact) mass is 530 g/mol. The van der Waals surface area contributed by atoms with Crippen LogP contribution in [-0.4, -0.2) is 76.3 Å². The molecule has 11 heteroatoms. The third kappa shape index (κ3) is 5.45. The zero-order chi connectivity index (χ0) is 26.6. The highest BCUT2D eigenvalue weighted by Gasteiger charge is 2.14. The quantitative estimate of drug-likeness (QED) is 0.282. The van der Waals surface area contributed by atoms with E-state index in [-0.39, 0.29) is 12.4 Å². The van der Waals surface area contributed by atoms with Crippen molar-refractivity contribution in [3.63, 3.8) is 0 Å². The van der Waals surface area contributed by atoms with Crippen molar-refractivity contribution < 1.29 is 23.3 Å². The van der Waals surface area contributed by atoms with Crippen LogP contribution in [0.3, 0.4) is 0 Å². The maximum Gasteiger partial charge on any atom is 0.192 e. The van der Waals surface area contributed by atoms with Crippen LogP contribution < -0.4 is 14.2 Å². The summed E-state index contributed by atoms with van der Waals surface area (Å²) in [7, 11) is 1.61. The summed E-state index contributed by atoms with van der Waals surface area (Å²) in [6.45, 7) is 4.43. The molecular formula is C28H27FN6O4. The van der Waals surface area contributed by atoms with Crippen molar-refractivity contribution in [2.45, 2.75) is 6.61 Å². The van der Waals surface area contributed by atoms with Crippen LogP contribution in [0.25, 0.3) is 27.8 Å². The molecule has 0 saturated carbocycles. The van der Waals surface area contributed by atoms with Gasteiger partial charge in [-0.25, -0.2) is 4.39 Å². The molecule has 3 aromatic heterocycles. The molecule has 200 valence electrons. The fraction of sp³-hybridized carbons (Fsp3) is 0.286. The number of rotatable bonds is 9. The van der Waals surface area contributed by atoms with E-state index in [1.165, 1.54) is 6.07 Å². The first-order valence-electron chi connectivity index (χ1n) is 12.7. The van der Waals surface area contributed by atoms with Crippen molar-refractivity contribution in [1.82, 2.24) is 29.7 Å². The maximum atomic E-state index is 14.9. The summed E-state index contributed by atoms with van der Waals surface area (Å²) in [5.41, 5.74) is 2.51. The molecule has 1 saturated heterocycles. The molecule has 1 fully saturated rings. The van der Waals surface area contributed by atoms with Gasteiger partial charge in [0.2, 0.25) is 0 Å². The maximum absolute atomic E-state index is 14.9. The highest BCUT2D eigenvalue weighted by Crippen LogP contribution is 2.28. The minimum Gasteiger partial charge on any atom is -0.497 e. The van der Waals surface area contributed by atoms with E-state index in [1.807, 2.05) is 18.2 Å². The predicted molar refractivity (Wildman–Crippen MR) is 142 cm³/mol. The smallest absolute Gasteiger partial charge is 0.192 e. The fourth-order valence-corrected chi connectivity index (χ4v) is 4.46. The molecule has 5 aromatic rings. The molecule has 0 unspecified atom stereocenters. The molecule has 0 N–H and O–H groups in total. The van der Waals surface area contributed by atoms with Gasteiger partial charge < -0.3 is 18.9 Å². The number of morpholine rings is 1. The lowest BCUT2D eigenvalue weighted by molar-refractivity contribution is 0.0320. The second kappa shape index (κ2) is 11.2. The summed E-state index contributed by atoms with van der Waals surface area (Å²) in [4.78, 5) is 6.63. The summed E-state index contributed by atoms with van der Waals surface area (Å²) in [6.07, 6.45) is 1.68. The van der Waals surface area contributed by atoms with Crippen LogP contribution >= 0.6 is 0 Å². The van der Waals surface area contributed by atoms with Crippen LogP contribution in [-0.2, 0) is 11.3 Å². The van der Waals surface area contributed by atoms with E-state index < -0.39 is 5.82 Å². The van der Waals surface area contributed by atoms with Crippen molar-refractivity contribution in [1.29, 1.82) is 0 Å².